The lowest BCUT2D eigenvalue weighted by atomic mass is 9.87. The monoisotopic (exact) mass is 442 g/mol. The highest BCUT2D eigenvalue weighted by Crippen LogP contribution is 2.33. The first-order valence-electron chi connectivity index (χ1n) is 9.86. The average molecular weight is 443 g/mol. The number of pyridine rings is 1. The molecule has 3 heterocycles. The Hall–Kier alpha value is -2.97. The van der Waals surface area contributed by atoms with E-state index in [0.717, 1.165) is 11.1 Å². The van der Waals surface area contributed by atoms with E-state index in [1.165, 1.54) is 6.07 Å². The lowest BCUT2D eigenvalue weighted by Gasteiger charge is -2.38. The summed E-state index contributed by atoms with van der Waals surface area (Å²) in [5, 5.41) is 13.3. The minimum absolute atomic E-state index is 0.0994. The van der Waals surface area contributed by atoms with Crippen LogP contribution in [0.2, 0.25) is 5.15 Å². The molecule has 0 unspecified atom stereocenters. The molecule has 1 fully saturated rings. The van der Waals surface area contributed by atoms with Gasteiger partial charge in [-0.15, -0.1) is 0 Å². The van der Waals surface area contributed by atoms with E-state index < -0.39 is 5.97 Å². The highest BCUT2D eigenvalue weighted by molar-refractivity contribution is 6.29. The number of nitrogens with zero attached hydrogens (tertiary/aromatic N) is 3. The van der Waals surface area contributed by atoms with E-state index in [1.807, 2.05) is 32.9 Å². The summed E-state index contributed by atoms with van der Waals surface area (Å²) in [6, 6.07) is 6.55. The molecule has 0 aliphatic carbocycles. The molecule has 8 nitrogen and oxygen atoms in total. The first-order chi connectivity index (χ1) is 14.6. The van der Waals surface area contributed by atoms with Crippen LogP contribution in [0.4, 0.5) is 5.69 Å². The molecule has 0 spiro atoms. The number of rotatable bonds is 5. The predicted molar refractivity (Wildman–Crippen MR) is 118 cm³/mol. The van der Waals surface area contributed by atoms with Gasteiger partial charge in [-0.25, -0.2) is 14.8 Å². The van der Waals surface area contributed by atoms with E-state index in [4.69, 9.17) is 21.3 Å². The second-order valence-corrected chi connectivity index (χ2v) is 8.69. The van der Waals surface area contributed by atoms with Crippen LogP contribution in [0.1, 0.15) is 47.3 Å². The number of nitrogens with one attached hydrogen (secondary N) is 1. The fourth-order valence-corrected chi connectivity index (χ4v) is 4.13. The van der Waals surface area contributed by atoms with E-state index in [9.17, 15) is 14.7 Å². The Balaban J connectivity index is 1.86. The third kappa shape index (κ3) is 3.66. The highest BCUT2D eigenvalue weighted by atomic mass is 35.5. The first-order valence-corrected chi connectivity index (χ1v) is 10.2. The van der Waals surface area contributed by atoms with Gasteiger partial charge >= 0.3 is 5.97 Å². The summed E-state index contributed by atoms with van der Waals surface area (Å²) < 4.78 is 6.97. The Morgan fingerprint density at radius 3 is 2.65 bits per heavy atom. The van der Waals surface area contributed by atoms with Crippen LogP contribution in [-0.2, 0) is 17.2 Å². The van der Waals surface area contributed by atoms with Crippen molar-refractivity contribution in [2.24, 2.45) is 7.05 Å². The normalized spacial score (nSPS) is 16.0. The van der Waals surface area contributed by atoms with Gasteiger partial charge in [0.25, 0.3) is 5.56 Å². The molecule has 1 aliphatic rings. The van der Waals surface area contributed by atoms with Gasteiger partial charge in [-0.1, -0.05) is 17.7 Å². The molecule has 0 bridgehead atoms. The zero-order valence-electron chi connectivity index (χ0n) is 17.7. The number of carboxylic acid groups (broad SMARTS) is 1. The van der Waals surface area contributed by atoms with Gasteiger partial charge in [0, 0.05) is 12.6 Å². The van der Waals surface area contributed by atoms with Crippen LogP contribution in [-0.4, -0.2) is 38.8 Å². The number of aromatic carboxylic acids is 1. The number of aryl methyl sites for hydroxylation is 1. The van der Waals surface area contributed by atoms with Crippen molar-refractivity contribution in [2.45, 2.75) is 32.2 Å². The molecule has 1 saturated heterocycles. The van der Waals surface area contributed by atoms with Crippen molar-refractivity contribution in [3.8, 4) is 0 Å². The largest absolute Gasteiger partial charge is 0.476 e. The zero-order valence-corrected chi connectivity index (χ0v) is 18.4. The van der Waals surface area contributed by atoms with Gasteiger partial charge < -0.3 is 15.2 Å². The van der Waals surface area contributed by atoms with Crippen molar-refractivity contribution in [3.05, 3.63) is 62.4 Å². The number of fused-ring (bicyclic) bond motifs is 1. The Kier molecular flexibility index (Phi) is 5.23. The van der Waals surface area contributed by atoms with Crippen molar-refractivity contribution >= 4 is 34.2 Å². The van der Waals surface area contributed by atoms with E-state index in [-0.39, 0.29) is 27.9 Å². The van der Waals surface area contributed by atoms with Crippen molar-refractivity contribution in [1.29, 1.82) is 0 Å². The second-order valence-electron chi connectivity index (χ2n) is 8.30. The summed E-state index contributed by atoms with van der Waals surface area (Å²) in [6.45, 7) is 6.84. The van der Waals surface area contributed by atoms with Crippen LogP contribution in [0.5, 0.6) is 0 Å². The van der Waals surface area contributed by atoms with Crippen molar-refractivity contribution < 1.29 is 14.6 Å². The molecule has 1 aliphatic heterocycles. The van der Waals surface area contributed by atoms with Gasteiger partial charge in [-0.2, -0.15) is 0 Å². The summed E-state index contributed by atoms with van der Waals surface area (Å²) >= 11 is 5.87. The summed E-state index contributed by atoms with van der Waals surface area (Å²) in [6.07, 6.45) is 0. The number of carbonyl (C=O) groups is 1. The zero-order chi connectivity index (χ0) is 22.5. The summed E-state index contributed by atoms with van der Waals surface area (Å²) in [5.74, 6) is -0.508. The van der Waals surface area contributed by atoms with Crippen LogP contribution in [0, 0.1) is 6.92 Å². The molecule has 162 valence electrons. The van der Waals surface area contributed by atoms with Crippen LogP contribution < -0.4 is 10.9 Å². The van der Waals surface area contributed by atoms with Crippen LogP contribution in [0.25, 0.3) is 10.9 Å². The molecule has 4 rings (SSSR count). The summed E-state index contributed by atoms with van der Waals surface area (Å²) in [5.41, 5.74) is 2.03. The Bertz CT molecular complexity index is 1270. The molecular formula is C22H23ClN4O4. The fourth-order valence-electron chi connectivity index (χ4n) is 3.99. The number of halogens is 1. The van der Waals surface area contributed by atoms with Crippen molar-refractivity contribution in [3.63, 3.8) is 0 Å². The van der Waals surface area contributed by atoms with E-state index in [1.54, 1.807) is 17.7 Å². The lowest BCUT2D eigenvalue weighted by Crippen LogP contribution is -2.48. The third-order valence-corrected chi connectivity index (χ3v) is 5.85. The molecule has 0 saturated carbocycles. The van der Waals surface area contributed by atoms with Gasteiger partial charge in [0.05, 0.1) is 41.3 Å². The average Bonchev–Trinajstić information content (AvgIpc) is 2.69. The van der Waals surface area contributed by atoms with Gasteiger partial charge in [-0.05, 0) is 44.5 Å². The lowest BCUT2D eigenvalue weighted by molar-refractivity contribution is -0.0559. The molecule has 0 radical (unpaired) electrons. The molecule has 2 N–H and O–H groups in total. The van der Waals surface area contributed by atoms with Crippen LogP contribution in [0.3, 0.4) is 0 Å². The minimum atomic E-state index is -1.18. The number of hydrogen-bond acceptors (Lipinski definition) is 6. The van der Waals surface area contributed by atoms with E-state index in [2.05, 4.69) is 10.3 Å². The summed E-state index contributed by atoms with van der Waals surface area (Å²) in [4.78, 5) is 33.6. The van der Waals surface area contributed by atoms with Crippen molar-refractivity contribution in [1.82, 2.24) is 14.5 Å². The number of carboxylic acids is 1. The maximum Gasteiger partial charge on any atom is 0.356 e. The quantitative estimate of drug-likeness (QED) is 0.583. The maximum absolute atomic E-state index is 13.2. The maximum atomic E-state index is 13.2. The highest BCUT2D eigenvalue weighted by Gasteiger charge is 2.39. The smallest absolute Gasteiger partial charge is 0.356 e. The molecule has 9 heteroatoms. The number of aromatic nitrogens is 3. The van der Waals surface area contributed by atoms with Crippen LogP contribution >= 0.6 is 11.6 Å². The topological polar surface area (TPSA) is 106 Å². The number of anilines is 1. The number of hydrogen-bond donors (Lipinski definition) is 2. The van der Waals surface area contributed by atoms with E-state index >= 15 is 0 Å². The molecule has 1 aromatic carbocycles. The number of benzene rings is 1. The third-order valence-electron chi connectivity index (χ3n) is 5.64. The van der Waals surface area contributed by atoms with Gasteiger partial charge in [-0.3, -0.25) is 9.36 Å². The van der Waals surface area contributed by atoms with Gasteiger partial charge in [0.2, 0.25) is 0 Å². The first kappa shape index (κ1) is 21.3. The van der Waals surface area contributed by atoms with Gasteiger partial charge in [0.15, 0.2) is 5.69 Å². The standard InChI is InChI=1S/C22H23ClN4O4/c1-11-7-13(12(2)24-15-5-6-16(23)25-18(15)20(29)30)17-14(8-11)19(28)27(4)21(26-17)22(3)9-31-10-22/h5-8,12,24H,9-10H2,1-4H3,(H,29,30)/t12-/m1/s1. The van der Waals surface area contributed by atoms with Crippen LogP contribution in [0.15, 0.2) is 29.1 Å². The Morgan fingerprint density at radius 2 is 2.03 bits per heavy atom. The molecular weight excluding hydrogens is 420 g/mol. The summed E-state index contributed by atoms with van der Waals surface area (Å²) in [7, 11) is 1.73. The SMILES string of the molecule is Cc1cc([C@@H](C)Nc2ccc(Cl)nc2C(=O)O)c2nc(C3(C)COC3)n(C)c(=O)c2c1. The molecule has 3 aromatic rings. The van der Waals surface area contributed by atoms with E-state index in [0.29, 0.717) is 35.6 Å². The fraction of sp³-hybridized carbons (Fsp3) is 0.364. The molecule has 0 amide bonds. The second kappa shape index (κ2) is 7.62. The molecule has 2 aromatic heterocycles. The molecule has 1 atom stereocenters. The number of ether oxygens (including phenoxy) is 1. The minimum Gasteiger partial charge on any atom is -0.476 e. The predicted octanol–water partition coefficient (Wildman–Crippen LogP) is 3.45. The Labute approximate surface area is 183 Å². The molecule has 31 heavy (non-hydrogen) atoms. The van der Waals surface area contributed by atoms with Gasteiger partial charge in [0.1, 0.15) is 11.0 Å². The Morgan fingerprint density at radius 1 is 1.32 bits per heavy atom. The van der Waals surface area contributed by atoms with Crippen molar-refractivity contribution in [2.75, 3.05) is 18.5 Å².